The molecule has 0 aliphatic rings. The molecular weight excluding hydrogens is 334 g/mol. The van der Waals surface area contributed by atoms with E-state index in [2.05, 4.69) is 36.2 Å². The van der Waals surface area contributed by atoms with E-state index in [9.17, 15) is 4.79 Å². The summed E-state index contributed by atoms with van der Waals surface area (Å²) in [6.45, 7) is 4.07. The van der Waals surface area contributed by atoms with Crippen molar-refractivity contribution in [2.24, 2.45) is 0 Å². The minimum Gasteiger partial charge on any atom is -0.489 e. The van der Waals surface area contributed by atoms with Gasteiger partial charge >= 0.3 is 0 Å². The molecule has 0 bridgehead atoms. The molecule has 0 saturated carbocycles. The number of ether oxygens (including phenoxy) is 1. The molecule has 3 nitrogen and oxygen atoms in total. The number of carbonyl (C=O) groups is 1. The summed E-state index contributed by atoms with van der Waals surface area (Å²) in [5, 5.41) is 2.98. The van der Waals surface area contributed by atoms with Gasteiger partial charge in [-0.05, 0) is 23.3 Å². The number of carbonyl (C=O) groups excluding carboxylic acids is 1. The SMILES string of the molecule is C=CCOc1cccc(NC(=O)CC(c2ccccc2)c2ccccc2)c1. The molecular formula is C24H23NO2. The molecule has 0 aliphatic heterocycles. The second kappa shape index (κ2) is 9.39. The zero-order valence-corrected chi connectivity index (χ0v) is 15.2. The number of anilines is 1. The summed E-state index contributed by atoms with van der Waals surface area (Å²) in [7, 11) is 0. The zero-order chi connectivity index (χ0) is 18.9. The van der Waals surface area contributed by atoms with Crippen LogP contribution in [0.5, 0.6) is 5.75 Å². The standard InChI is InChI=1S/C24H23NO2/c1-2-16-27-22-15-9-14-21(17-22)25-24(26)18-23(19-10-5-3-6-11-19)20-12-7-4-8-13-20/h2-15,17,23H,1,16,18H2,(H,25,26). The highest BCUT2D eigenvalue weighted by molar-refractivity contribution is 5.91. The lowest BCUT2D eigenvalue weighted by Crippen LogP contribution is -2.16. The summed E-state index contributed by atoms with van der Waals surface area (Å²) in [6, 6.07) is 27.6. The Kier molecular flexibility index (Phi) is 6.42. The fourth-order valence-electron chi connectivity index (χ4n) is 3.02. The second-order valence-corrected chi connectivity index (χ2v) is 6.25. The van der Waals surface area contributed by atoms with Crippen LogP contribution in [0.15, 0.2) is 97.6 Å². The fraction of sp³-hybridized carbons (Fsp3) is 0.125. The number of hydrogen-bond acceptors (Lipinski definition) is 2. The van der Waals surface area contributed by atoms with Gasteiger partial charge in [0.15, 0.2) is 0 Å². The highest BCUT2D eigenvalue weighted by atomic mass is 16.5. The first-order chi connectivity index (χ1) is 13.3. The summed E-state index contributed by atoms with van der Waals surface area (Å²) in [6.07, 6.45) is 2.06. The molecule has 0 unspecified atom stereocenters. The summed E-state index contributed by atoms with van der Waals surface area (Å²) >= 11 is 0. The lowest BCUT2D eigenvalue weighted by Gasteiger charge is -2.18. The summed E-state index contributed by atoms with van der Waals surface area (Å²) in [4.78, 5) is 12.7. The van der Waals surface area contributed by atoms with Crippen molar-refractivity contribution >= 4 is 11.6 Å². The third kappa shape index (κ3) is 5.32. The molecule has 0 aliphatic carbocycles. The van der Waals surface area contributed by atoms with E-state index in [0.717, 1.165) is 16.8 Å². The van der Waals surface area contributed by atoms with E-state index in [1.165, 1.54) is 0 Å². The van der Waals surface area contributed by atoms with Crippen molar-refractivity contribution in [3.05, 3.63) is 109 Å². The van der Waals surface area contributed by atoms with Crippen LogP contribution in [0.25, 0.3) is 0 Å². The number of benzene rings is 3. The van der Waals surface area contributed by atoms with Crippen molar-refractivity contribution in [3.63, 3.8) is 0 Å². The van der Waals surface area contributed by atoms with E-state index in [4.69, 9.17) is 4.74 Å². The van der Waals surface area contributed by atoms with E-state index in [1.54, 1.807) is 6.08 Å². The van der Waals surface area contributed by atoms with E-state index >= 15 is 0 Å². The Morgan fingerprint density at radius 1 is 0.926 bits per heavy atom. The quantitative estimate of drug-likeness (QED) is 0.547. The van der Waals surface area contributed by atoms with Crippen molar-refractivity contribution in [2.45, 2.75) is 12.3 Å². The highest BCUT2D eigenvalue weighted by Gasteiger charge is 2.18. The average molecular weight is 357 g/mol. The third-order valence-electron chi connectivity index (χ3n) is 4.28. The Hall–Kier alpha value is -3.33. The number of nitrogens with one attached hydrogen (secondary N) is 1. The van der Waals surface area contributed by atoms with Crippen molar-refractivity contribution < 1.29 is 9.53 Å². The van der Waals surface area contributed by atoms with Gasteiger partial charge in [-0.2, -0.15) is 0 Å². The zero-order valence-electron chi connectivity index (χ0n) is 15.2. The van der Waals surface area contributed by atoms with Gasteiger partial charge in [-0.3, -0.25) is 4.79 Å². The molecule has 0 heterocycles. The van der Waals surface area contributed by atoms with Gasteiger partial charge in [0.05, 0.1) is 0 Å². The molecule has 1 N–H and O–H groups in total. The van der Waals surface area contributed by atoms with E-state index in [0.29, 0.717) is 18.8 Å². The minimum absolute atomic E-state index is 0.00704. The molecule has 0 radical (unpaired) electrons. The fourth-order valence-corrected chi connectivity index (χ4v) is 3.02. The van der Waals surface area contributed by atoms with Gasteiger partial charge < -0.3 is 10.1 Å². The summed E-state index contributed by atoms with van der Waals surface area (Å²) in [5.41, 5.74) is 2.98. The molecule has 3 aromatic carbocycles. The summed E-state index contributed by atoms with van der Waals surface area (Å²) in [5.74, 6) is 0.677. The van der Waals surface area contributed by atoms with Crippen molar-refractivity contribution in [3.8, 4) is 5.75 Å². The molecule has 0 fully saturated rings. The van der Waals surface area contributed by atoms with Crippen molar-refractivity contribution in [1.29, 1.82) is 0 Å². The topological polar surface area (TPSA) is 38.3 Å². The van der Waals surface area contributed by atoms with Gasteiger partial charge in [0, 0.05) is 24.1 Å². The molecule has 3 aromatic rings. The molecule has 1 amide bonds. The van der Waals surface area contributed by atoms with Gasteiger partial charge in [-0.25, -0.2) is 0 Å². The van der Waals surface area contributed by atoms with Crippen LogP contribution in [0.4, 0.5) is 5.69 Å². The smallest absolute Gasteiger partial charge is 0.225 e. The maximum absolute atomic E-state index is 12.7. The van der Waals surface area contributed by atoms with Crippen LogP contribution in [-0.2, 0) is 4.79 Å². The lowest BCUT2D eigenvalue weighted by atomic mass is 9.88. The van der Waals surface area contributed by atoms with E-state index in [1.807, 2.05) is 60.7 Å². The first-order valence-corrected chi connectivity index (χ1v) is 9.00. The van der Waals surface area contributed by atoms with Crippen LogP contribution in [0, 0.1) is 0 Å². The molecule has 0 aromatic heterocycles. The monoisotopic (exact) mass is 357 g/mol. The van der Waals surface area contributed by atoms with E-state index in [-0.39, 0.29) is 11.8 Å². The first-order valence-electron chi connectivity index (χ1n) is 9.00. The molecule has 0 atom stereocenters. The summed E-state index contributed by atoms with van der Waals surface area (Å²) < 4.78 is 5.53. The molecule has 136 valence electrons. The maximum atomic E-state index is 12.7. The van der Waals surface area contributed by atoms with Crippen LogP contribution < -0.4 is 10.1 Å². The molecule has 0 spiro atoms. The predicted octanol–water partition coefficient (Wildman–Crippen LogP) is 5.41. The predicted molar refractivity (Wildman–Crippen MR) is 110 cm³/mol. The Balaban J connectivity index is 1.74. The van der Waals surface area contributed by atoms with Crippen LogP contribution in [-0.4, -0.2) is 12.5 Å². The van der Waals surface area contributed by atoms with Gasteiger partial charge in [0.25, 0.3) is 0 Å². The van der Waals surface area contributed by atoms with Crippen molar-refractivity contribution in [2.75, 3.05) is 11.9 Å². The van der Waals surface area contributed by atoms with Crippen LogP contribution in [0.1, 0.15) is 23.5 Å². The Morgan fingerprint density at radius 3 is 2.15 bits per heavy atom. The largest absolute Gasteiger partial charge is 0.489 e. The van der Waals surface area contributed by atoms with E-state index < -0.39 is 0 Å². The van der Waals surface area contributed by atoms with Crippen LogP contribution in [0.2, 0.25) is 0 Å². The average Bonchev–Trinajstić information content (AvgIpc) is 2.72. The molecule has 3 rings (SSSR count). The van der Waals surface area contributed by atoms with Gasteiger partial charge in [0.1, 0.15) is 12.4 Å². The Bertz CT molecular complexity index is 836. The van der Waals surface area contributed by atoms with Gasteiger partial charge in [-0.15, -0.1) is 0 Å². The highest BCUT2D eigenvalue weighted by Crippen LogP contribution is 2.28. The number of rotatable bonds is 8. The maximum Gasteiger partial charge on any atom is 0.225 e. The van der Waals surface area contributed by atoms with Crippen LogP contribution >= 0.6 is 0 Å². The Morgan fingerprint density at radius 2 is 1.56 bits per heavy atom. The second-order valence-electron chi connectivity index (χ2n) is 6.25. The first kappa shape index (κ1) is 18.5. The molecule has 3 heteroatoms. The van der Waals surface area contributed by atoms with Crippen molar-refractivity contribution in [1.82, 2.24) is 0 Å². The lowest BCUT2D eigenvalue weighted by molar-refractivity contribution is -0.116. The number of hydrogen-bond donors (Lipinski definition) is 1. The minimum atomic E-state index is -0.0337. The normalized spacial score (nSPS) is 10.4. The Labute approximate surface area is 160 Å². The van der Waals surface area contributed by atoms with Crippen LogP contribution in [0.3, 0.4) is 0 Å². The third-order valence-corrected chi connectivity index (χ3v) is 4.28. The molecule has 0 saturated heterocycles. The number of amides is 1. The van der Waals surface area contributed by atoms with Gasteiger partial charge in [-0.1, -0.05) is 79.4 Å². The van der Waals surface area contributed by atoms with Gasteiger partial charge in [0.2, 0.25) is 5.91 Å². The molecule has 27 heavy (non-hydrogen) atoms.